The zero-order valence-corrected chi connectivity index (χ0v) is 17.5. The van der Waals surface area contributed by atoms with Crippen molar-refractivity contribution in [3.05, 3.63) is 29.8 Å². The van der Waals surface area contributed by atoms with E-state index in [1.165, 1.54) is 12.1 Å². The molecule has 160 valence electrons. The smallest absolute Gasteiger partial charge is 0.436 e. The first-order chi connectivity index (χ1) is 13.4. The van der Waals surface area contributed by atoms with Gasteiger partial charge in [0.15, 0.2) is 5.17 Å². The second-order valence-corrected chi connectivity index (χ2v) is 8.28. The Morgan fingerprint density at radius 1 is 1.21 bits per heavy atom. The van der Waals surface area contributed by atoms with Crippen molar-refractivity contribution in [1.29, 1.82) is 0 Å². The van der Waals surface area contributed by atoms with Crippen LogP contribution >= 0.6 is 11.8 Å². The van der Waals surface area contributed by atoms with Crippen LogP contribution in [0, 0.1) is 0 Å². The number of amidine groups is 1. The standard InChI is InChI=1S/C19H24F3N3O3S/c1-18(2,3)28-17(27)24-16(29-4)23-15(26)14-6-5-11-25(14)13-9-7-12(8-10-13)19(20,21)22/h7-10,14H,5-6,11H2,1-4H3,(H,23,24,26,27)/t14-/m1/s1. The Balaban J connectivity index is 2.10. The lowest BCUT2D eigenvalue weighted by Gasteiger charge is -2.26. The zero-order chi connectivity index (χ0) is 21.8. The third-order valence-electron chi connectivity index (χ3n) is 4.09. The van der Waals surface area contributed by atoms with Gasteiger partial charge in [0.2, 0.25) is 5.91 Å². The molecule has 29 heavy (non-hydrogen) atoms. The van der Waals surface area contributed by atoms with Crippen LogP contribution in [0.2, 0.25) is 0 Å². The van der Waals surface area contributed by atoms with Crippen molar-refractivity contribution in [2.24, 2.45) is 4.99 Å². The van der Waals surface area contributed by atoms with Crippen molar-refractivity contribution in [2.75, 3.05) is 17.7 Å². The molecule has 1 atom stereocenters. The Morgan fingerprint density at radius 3 is 2.34 bits per heavy atom. The first kappa shape index (κ1) is 23.1. The molecule has 0 spiro atoms. The van der Waals surface area contributed by atoms with Gasteiger partial charge in [0.1, 0.15) is 11.6 Å². The average molecular weight is 431 g/mol. The normalized spacial score (nSPS) is 18.0. The van der Waals surface area contributed by atoms with E-state index in [9.17, 15) is 22.8 Å². The molecule has 1 aromatic carbocycles. The molecule has 0 aromatic heterocycles. The van der Waals surface area contributed by atoms with Gasteiger partial charge in [-0.1, -0.05) is 11.8 Å². The molecule has 2 amide bonds. The minimum absolute atomic E-state index is 0.100. The number of benzene rings is 1. The molecule has 1 heterocycles. The molecule has 1 aromatic rings. The average Bonchev–Trinajstić information content (AvgIpc) is 3.08. The molecule has 1 aliphatic rings. The molecule has 1 aliphatic heterocycles. The van der Waals surface area contributed by atoms with Gasteiger partial charge in [0.25, 0.3) is 0 Å². The number of nitrogens with one attached hydrogen (secondary N) is 1. The molecule has 0 bridgehead atoms. The van der Waals surface area contributed by atoms with Gasteiger partial charge in [-0.3, -0.25) is 4.79 Å². The molecule has 6 nitrogen and oxygen atoms in total. The van der Waals surface area contributed by atoms with E-state index >= 15 is 0 Å². The Morgan fingerprint density at radius 2 is 1.83 bits per heavy atom. The van der Waals surface area contributed by atoms with E-state index < -0.39 is 29.5 Å². The number of carbonyl (C=O) groups excluding carboxylic acids is 2. The summed E-state index contributed by atoms with van der Waals surface area (Å²) in [6.45, 7) is 5.66. The lowest BCUT2D eigenvalue weighted by atomic mass is 10.1. The molecular weight excluding hydrogens is 407 g/mol. The van der Waals surface area contributed by atoms with Crippen molar-refractivity contribution in [3.8, 4) is 0 Å². The molecule has 2 rings (SSSR count). The second kappa shape index (κ2) is 9.06. The second-order valence-electron chi connectivity index (χ2n) is 7.49. The molecular formula is C19H24F3N3O3S. The van der Waals surface area contributed by atoms with Crippen LogP contribution in [0.15, 0.2) is 29.3 Å². The number of thioether (sulfide) groups is 1. The summed E-state index contributed by atoms with van der Waals surface area (Å²) in [5.74, 6) is -0.376. The lowest BCUT2D eigenvalue weighted by molar-refractivity contribution is -0.137. The fourth-order valence-electron chi connectivity index (χ4n) is 2.87. The number of carbonyl (C=O) groups is 2. The fraction of sp³-hybridized carbons (Fsp3) is 0.526. The Bertz CT molecular complexity index is 774. The van der Waals surface area contributed by atoms with Crippen LogP contribution in [-0.2, 0) is 15.7 Å². The van der Waals surface area contributed by atoms with Crippen LogP contribution in [-0.4, -0.2) is 41.6 Å². The first-order valence-electron chi connectivity index (χ1n) is 9.01. The maximum atomic E-state index is 12.8. The van der Waals surface area contributed by atoms with Crippen LogP contribution in [0.3, 0.4) is 0 Å². The SMILES string of the molecule is CSC(=NC(=O)OC(C)(C)C)NC(=O)[C@H]1CCCN1c1ccc(C(F)(F)F)cc1. The Kier molecular flexibility index (Phi) is 7.20. The monoisotopic (exact) mass is 431 g/mol. The number of aliphatic imine (C=N–C) groups is 1. The zero-order valence-electron chi connectivity index (χ0n) is 16.7. The van der Waals surface area contributed by atoms with E-state index in [1.54, 1.807) is 31.9 Å². The maximum absolute atomic E-state index is 12.8. The van der Waals surface area contributed by atoms with Gasteiger partial charge in [-0.2, -0.15) is 18.2 Å². The van der Waals surface area contributed by atoms with E-state index in [2.05, 4.69) is 10.3 Å². The minimum Gasteiger partial charge on any atom is -0.442 e. The highest BCUT2D eigenvalue weighted by molar-refractivity contribution is 8.13. The summed E-state index contributed by atoms with van der Waals surface area (Å²) in [6.07, 6.45) is -2.30. The quantitative estimate of drug-likeness (QED) is 0.554. The van der Waals surface area contributed by atoms with Crippen LogP contribution in [0.4, 0.5) is 23.7 Å². The van der Waals surface area contributed by atoms with Crippen molar-refractivity contribution in [1.82, 2.24) is 5.32 Å². The number of halogens is 3. The number of amides is 2. The van der Waals surface area contributed by atoms with Crippen LogP contribution in [0.25, 0.3) is 0 Å². The highest BCUT2D eigenvalue weighted by Crippen LogP contribution is 2.32. The third kappa shape index (κ3) is 6.66. The molecule has 1 N–H and O–H groups in total. The first-order valence-corrected chi connectivity index (χ1v) is 10.2. The number of ether oxygens (including phenoxy) is 1. The highest BCUT2D eigenvalue weighted by atomic mass is 32.2. The summed E-state index contributed by atoms with van der Waals surface area (Å²) >= 11 is 1.09. The molecule has 0 aliphatic carbocycles. The Hall–Kier alpha value is -2.23. The van der Waals surface area contributed by atoms with E-state index in [0.717, 1.165) is 30.3 Å². The molecule has 10 heteroatoms. The van der Waals surface area contributed by atoms with E-state index in [1.807, 2.05) is 0 Å². The number of alkyl halides is 3. The molecule has 1 fully saturated rings. The van der Waals surface area contributed by atoms with E-state index in [0.29, 0.717) is 18.7 Å². The summed E-state index contributed by atoms with van der Waals surface area (Å²) < 4.78 is 43.4. The minimum atomic E-state index is -4.41. The highest BCUT2D eigenvalue weighted by Gasteiger charge is 2.33. The maximum Gasteiger partial charge on any atom is 0.436 e. The predicted octanol–water partition coefficient (Wildman–Crippen LogP) is 4.44. The largest absolute Gasteiger partial charge is 0.442 e. The van der Waals surface area contributed by atoms with E-state index in [4.69, 9.17) is 4.74 Å². The molecule has 0 saturated carbocycles. The number of anilines is 1. The topological polar surface area (TPSA) is 71.0 Å². The number of hydrogen-bond donors (Lipinski definition) is 1. The number of rotatable bonds is 2. The lowest BCUT2D eigenvalue weighted by Crippen LogP contribution is -2.45. The number of nitrogens with zero attached hydrogens (tertiary/aromatic N) is 2. The molecule has 0 unspecified atom stereocenters. The van der Waals surface area contributed by atoms with E-state index in [-0.39, 0.29) is 11.1 Å². The van der Waals surface area contributed by atoms with Gasteiger partial charge in [-0.25, -0.2) is 4.79 Å². The van der Waals surface area contributed by atoms with Gasteiger partial charge < -0.3 is 15.0 Å². The van der Waals surface area contributed by atoms with Crippen molar-refractivity contribution in [2.45, 2.75) is 51.4 Å². The Labute approximate surface area is 171 Å². The summed E-state index contributed by atoms with van der Waals surface area (Å²) in [5.41, 5.74) is -0.917. The fourth-order valence-corrected chi connectivity index (χ4v) is 3.24. The van der Waals surface area contributed by atoms with Crippen molar-refractivity contribution >= 4 is 34.6 Å². The van der Waals surface area contributed by atoms with Gasteiger partial charge in [0, 0.05) is 12.2 Å². The molecule has 1 saturated heterocycles. The van der Waals surface area contributed by atoms with Gasteiger partial charge in [-0.05, 0) is 64.1 Å². The van der Waals surface area contributed by atoms with Gasteiger partial charge >= 0.3 is 12.3 Å². The van der Waals surface area contributed by atoms with Gasteiger partial charge in [-0.15, -0.1) is 0 Å². The van der Waals surface area contributed by atoms with Crippen LogP contribution < -0.4 is 10.2 Å². The summed E-state index contributed by atoms with van der Waals surface area (Å²) in [6, 6.07) is 4.15. The summed E-state index contributed by atoms with van der Waals surface area (Å²) in [4.78, 5) is 30.1. The van der Waals surface area contributed by atoms with Crippen LogP contribution in [0.1, 0.15) is 39.2 Å². The third-order valence-corrected chi connectivity index (χ3v) is 4.67. The van der Waals surface area contributed by atoms with Crippen LogP contribution in [0.5, 0.6) is 0 Å². The number of hydrogen-bond acceptors (Lipinski definition) is 5. The van der Waals surface area contributed by atoms with Crippen molar-refractivity contribution < 1.29 is 27.5 Å². The molecule has 0 radical (unpaired) electrons. The summed E-state index contributed by atoms with van der Waals surface area (Å²) in [7, 11) is 0. The van der Waals surface area contributed by atoms with Gasteiger partial charge in [0.05, 0.1) is 5.56 Å². The summed E-state index contributed by atoms with van der Waals surface area (Å²) in [5, 5.41) is 2.71. The van der Waals surface area contributed by atoms with Crippen molar-refractivity contribution in [3.63, 3.8) is 0 Å². The predicted molar refractivity (Wildman–Crippen MR) is 107 cm³/mol.